The number of carbonyl (C=O) groups is 1. The number of carbonyl (C=O) groups excluding carboxylic acids is 1. The Bertz CT molecular complexity index is 781. The molecule has 0 aliphatic heterocycles. The zero-order chi connectivity index (χ0) is 18.3. The fraction of sp³-hybridized carbons (Fsp3) is 0.708. The molecule has 4 aliphatic rings. The van der Waals surface area contributed by atoms with E-state index >= 15 is 0 Å². The minimum atomic E-state index is 0.141. The minimum Gasteiger partial charge on any atom is -0.508 e. The van der Waals surface area contributed by atoms with E-state index in [2.05, 4.69) is 26.8 Å². The van der Waals surface area contributed by atoms with Crippen LogP contribution >= 0.6 is 0 Å². The molecule has 2 nitrogen and oxygen atoms in total. The van der Waals surface area contributed by atoms with Gasteiger partial charge in [0.25, 0.3) is 0 Å². The summed E-state index contributed by atoms with van der Waals surface area (Å²) in [5.74, 6) is 3.85. The second kappa shape index (κ2) is 5.36. The fourth-order valence-corrected chi connectivity index (χ4v) is 7.95. The van der Waals surface area contributed by atoms with Crippen molar-refractivity contribution in [3.63, 3.8) is 0 Å². The van der Waals surface area contributed by atoms with E-state index in [-0.39, 0.29) is 5.41 Å². The first-order chi connectivity index (χ1) is 12.3. The number of aromatic hydroxyl groups is 1. The van der Waals surface area contributed by atoms with Crippen molar-refractivity contribution in [1.29, 1.82) is 0 Å². The summed E-state index contributed by atoms with van der Waals surface area (Å²) in [5, 5.41) is 10.7. The second-order valence-corrected chi connectivity index (χ2v) is 10.4. The lowest BCUT2D eigenvalue weighted by atomic mass is 9.45. The van der Waals surface area contributed by atoms with E-state index < -0.39 is 0 Å². The summed E-state index contributed by atoms with van der Waals surface area (Å²) in [5.41, 5.74) is 4.35. The number of aryl methyl sites for hydroxylation is 1. The van der Waals surface area contributed by atoms with Gasteiger partial charge in [-0.05, 0) is 97.1 Å². The number of Topliss-reactive ketones (excluding diaryl/α,β-unsaturated/α-hetero) is 1. The van der Waals surface area contributed by atoms with Crippen LogP contribution in [-0.4, -0.2) is 10.9 Å². The summed E-state index contributed by atoms with van der Waals surface area (Å²) in [6.45, 7) is 7.03. The lowest BCUT2D eigenvalue weighted by molar-refractivity contribution is -0.135. The first-order valence-electron chi connectivity index (χ1n) is 10.7. The van der Waals surface area contributed by atoms with Crippen LogP contribution in [0.15, 0.2) is 12.1 Å². The van der Waals surface area contributed by atoms with Gasteiger partial charge in [-0.2, -0.15) is 0 Å². The van der Waals surface area contributed by atoms with Gasteiger partial charge in [-0.1, -0.05) is 19.9 Å². The van der Waals surface area contributed by atoms with Crippen LogP contribution in [0.2, 0.25) is 0 Å². The third kappa shape index (κ3) is 2.08. The maximum atomic E-state index is 12.0. The van der Waals surface area contributed by atoms with Gasteiger partial charge in [-0.15, -0.1) is 0 Å². The lowest BCUT2D eigenvalue weighted by Crippen LogP contribution is -2.54. The first kappa shape index (κ1) is 16.8. The molecule has 0 bridgehead atoms. The molecule has 6 atom stereocenters. The highest BCUT2D eigenvalue weighted by Gasteiger charge is 2.59. The molecule has 140 valence electrons. The molecule has 0 radical (unpaired) electrons. The van der Waals surface area contributed by atoms with Gasteiger partial charge < -0.3 is 5.11 Å². The molecule has 6 unspecified atom stereocenters. The van der Waals surface area contributed by atoms with Crippen molar-refractivity contribution in [2.24, 2.45) is 29.1 Å². The number of hydrogen-bond donors (Lipinski definition) is 1. The Labute approximate surface area is 157 Å². The van der Waals surface area contributed by atoms with Crippen LogP contribution in [0.3, 0.4) is 0 Å². The molecule has 2 heteroatoms. The Morgan fingerprint density at radius 3 is 2.65 bits per heavy atom. The standard InChI is InChI=1S/C24H32O2/c1-14-10-15-12-20-18-5-4-16-13-17(25)6-8-23(16,2)19(18)7-9-24(20,3)22(15)21(26)11-14/h10-11,16,18-20,26H,4-9,12-13H2,1-3H3. The van der Waals surface area contributed by atoms with Crippen molar-refractivity contribution in [2.45, 2.75) is 77.6 Å². The zero-order valence-electron chi connectivity index (χ0n) is 16.5. The van der Waals surface area contributed by atoms with Gasteiger partial charge in [-0.25, -0.2) is 0 Å². The molecular formula is C24H32O2. The van der Waals surface area contributed by atoms with Gasteiger partial charge >= 0.3 is 0 Å². The molecule has 1 aromatic carbocycles. The summed E-state index contributed by atoms with van der Waals surface area (Å²) in [7, 11) is 0. The molecule has 0 heterocycles. The van der Waals surface area contributed by atoms with Crippen LogP contribution in [0.1, 0.15) is 75.5 Å². The van der Waals surface area contributed by atoms with Crippen molar-refractivity contribution in [3.05, 3.63) is 28.8 Å². The molecule has 1 N–H and O–H groups in total. The summed E-state index contributed by atoms with van der Waals surface area (Å²) in [6.07, 6.45) is 8.87. The van der Waals surface area contributed by atoms with Crippen molar-refractivity contribution < 1.29 is 9.90 Å². The number of phenolic OH excluding ortho intramolecular Hbond substituents is 1. The van der Waals surface area contributed by atoms with Gasteiger partial charge in [0.2, 0.25) is 0 Å². The van der Waals surface area contributed by atoms with Crippen molar-refractivity contribution in [1.82, 2.24) is 0 Å². The summed E-state index contributed by atoms with van der Waals surface area (Å²) < 4.78 is 0. The molecule has 3 saturated carbocycles. The predicted octanol–water partition coefficient (Wildman–Crippen LogP) is 5.33. The molecule has 3 fully saturated rings. The molecule has 0 amide bonds. The molecular weight excluding hydrogens is 320 g/mol. The fourth-order valence-electron chi connectivity index (χ4n) is 7.95. The highest BCUT2D eigenvalue weighted by atomic mass is 16.3. The SMILES string of the molecule is Cc1cc(O)c2c(c1)CC1C3CCC4CC(=O)CCC4(C)C3CCC21C. The second-order valence-electron chi connectivity index (χ2n) is 10.4. The van der Waals surface area contributed by atoms with E-state index in [0.29, 0.717) is 28.8 Å². The van der Waals surface area contributed by atoms with Gasteiger partial charge in [0.05, 0.1) is 0 Å². The molecule has 5 rings (SSSR count). The first-order valence-corrected chi connectivity index (χ1v) is 10.7. The van der Waals surface area contributed by atoms with Crippen molar-refractivity contribution >= 4 is 5.78 Å². The number of ketones is 1. The third-order valence-corrected chi connectivity index (χ3v) is 9.23. The highest BCUT2D eigenvalue weighted by molar-refractivity contribution is 5.79. The molecule has 26 heavy (non-hydrogen) atoms. The number of phenols is 1. The Kier molecular flexibility index (Phi) is 3.47. The number of rotatable bonds is 0. The molecule has 1 aromatic rings. The van der Waals surface area contributed by atoms with Crippen LogP contribution < -0.4 is 0 Å². The van der Waals surface area contributed by atoms with E-state index in [1.54, 1.807) is 0 Å². The zero-order valence-corrected chi connectivity index (χ0v) is 16.5. The van der Waals surface area contributed by atoms with E-state index in [9.17, 15) is 9.90 Å². The minimum absolute atomic E-state index is 0.141. The van der Waals surface area contributed by atoms with E-state index in [0.717, 1.165) is 37.5 Å². The maximum Gasteiger partial charge on any atom is 0.133 e. The monoisotopic (exact) mass is 352 g/mol. The maximum absolute atomic E-state index is 12.0. The summed E-state index contributed by atoms with van der Waals surface area (Å²) in [6, 6.07) is 4.28. The quantitative estimate of drug-likeness (QED) is 0.685. The lowest BCUT2D eigenvalue weighted by Gasteiger charge is -2.59. The van der Waals surface area contributed by atoms with Crippen LogP contribution in [0.4, 0.5) is 0 Å². The Balaban J connectivity index is 1.53. The van der Waals surface area contributed by atoms with Crippen LogP contribution in [0.25, 0.3) is 0 Å². The Morgan fingerprint density at radius 1 is 1.04 bits per heavy atom. The average molecular weight is 353 g/mol. The normalized spacial score (nSPS) is 44.0. The number of fused-ring (bicyclic) bond motifs is 7. The largest absolute Gasteiger partial charge is 0.508 e. The predicted molar refractivity (Wildman–Crippen MR) is 103 cm³/mol. The van der Waals surface area contributed by atoms with Crippen LogP contribution in [0.5, 0.6) is 5.75 Å². The van der Waals surface area contributed by atoms with Gasteiger partial charge in [0.1, 0.15) is 11.5 Å². The van der Waals surface area contributed by atoms with Crippen LogP contribution in [0, 0.1) is 36.0 Å². The van der Waals surface area contributed by atoms with Gasteiger partial charge in [0.15, 0.2) is 0 Å². The molecule has 4 aliphatic carbocycles. The van der Waals surface area contributed by atoms with Gasteiger partial charge in [0, 0.05) is 18.4 Å². The highest BCUT2D eigenvalue weighted by Crippen LogP contribution is 2.66. The number of benzene rings is 1. The molecule has 0 saturated heterocycles. The van der Waals surface area contributed by atoms with Gasteiger partial charge in [-0.3, -0.25) is 4.79 Å². The number of hydrogen-bond acceptors (Lipinski definition) is 2. The van der Waals surface area contributed by atoms with E-state index in [1.165, 1.54) is 42.4 Å². The summed E-state index contributed by atoms with van der Waals surface area (Å²) >= 11 is 0. The van der Waals surface area contributed by atoms with E-state index in [4.69, 9.17) is 0 Å². The van der Waals surface area contributed by atoms with Crippen molar-refractivity contribution in [2.75, 3.05) is 0 Å². The Hall–Kier alpha value is -1.31. The van der Waals surface area contributed by atoms with E-state index in [1.807, 2.05) is 6.07 Å². The third-order valence-electron chi connectivity index (χ3n) is 9.23. The van der Waals surface area contributed by atoms with Crippen LogP contribution in [-0.2, 0) is 16.6 Å². The topological polar surface area (TPSA) is 37.3 Å². The summed E-state index contributed by atoms with van der Waals surface area (Å²) in [4.78, 5) is 12.0. The molecule has 0 aromatic heterocycles. The molecule has 0 spiro atoms. The average Bonchev–Trinajstić information content (AvgIpc) is 2.88. The Morgan fingerprint density at radius 2 is 1.85 bits per heavy atom. The van der Waals surface area contributed by atoms with Crippen molar-refractivity contribution in [3.8, 4) is 5.75 Å². The smallest absolute Gasteiger partial charge is 0.133 e.